The molecule has 0 unspecified atom stereocenters. The summed E-state index contributed by atoms with van der Waals surface area (Å²) in [6.07, 6.45) is 0. The molecule has 0 amide bonds. The van der Waals surface area contributed by atoms with Crippen molar-refractivity contribution < 1.29 is 19.0 Å². The van der Waals surface area contributed by atoms with E-state index in [9.17, 15) is 4.79 Å². The maximum atomic E-state index is 11.7. The molecule has 0 aliphatic heterocycles. The lowest BCUT2D eigenvalue weighted by Crippen LogP contribution is -2.04. The molecule has 2 aromatic carbocycles. The van der Waals surface area contributed by atoms with E-state index in [-0.39, 0.29) is 22.4 Å². The third kappa shape index (κ3) is 3.78. The van der Waals surface area contributed by atoms with Gasteiger partial charge in [-0.3, -0.25) is 0 Å². The third-order valence-electron chi connectivity index (χ3n) is 3.62. The minimum Gasteiger partial charge on any atom is -0.494 e. The van der Waals surface area contributed by atoms with Crippen LogP contribution in [0.1, 0.15) is 35.7 Å². The molecule has 2 aromatic rings. The molecule has 0 radical (unpaired) electrons. The van der Waals surface area contributed by atoms with Gasteiger partial charge in [0.1, 0.15) is 16.5 Å². The lowest BCUT2D eigenvalue weighted by Gasteiger charge is -2.20. The zero-order valence-electron chi connectivity index (χ0n) is 14.4. The molecule has 0 atom stereocenters. The van der Waals surface area contributed by atoms with E-state index in [2.05, 4.69) is 0 Å². The van der Waals surface area contributed by atoms with E-state index in [1.54, 1.807) is 18.2 Å². The summed E-state index contributed by atoms with van der Waals surface area (Å²) in [6, 6.07) is 6.49. The van der Waals surface area contributed by atoms with E-state index >= 15 is 0 Å². The lowest BCUT2D eigenvalue weighted by molar-refractivity contribution is 0.0600. The monoisotopic (exact) mass is 383 g/mol. The Morgan fingerprint density at radius 1 is 1.12 bits per heavy atom. The first-order chi connectivity index (χ1) is 11.8. The van der Waals surface area contributed by atoms with Gasteiger partial charge in [0, 0.05) is 5.56 Å². The summed E-state index contributed by atoms with van der Waals surface area (Å²) in [6.45, 7) is 3.91. The van der Waals surface area contributed by atoms with Crippen molar-refractivity contribution in [3.8, 4) is 17.2 Å². The van der Waals surface area contributed by atoms with E-state index in [1.165, 1.54) is 20.3 Å². The molecule has 0 fully saturated rings. The predicted octanol–water partition coefficient (Wildman–Crippen LogP) is 5.29. The Hall–Kier alpha value is -2.11. The number of halogens is 2. The first kappa shape index (κ1) is 19.2. The van der Waals surface area contributed by atoms with Crippen LogP contribution in [0.2, 0.25) is 10.0 Å². The van der Waals surface area contributed by atoms with E-state index < -0.39 is 5.97 Å². The van der Waals surface area contributed by atoms with Gasteiger partial charge in [0.15, 0.2) is 5.75 Å². The van der Waals surface area contributed by atoms with Gasteiger partial charge >= 0.3 is 5.97 Å². The Labute approximate surface area is 156 Å². The van der Waals surface area contributed by atoms with Crippen LogP contribution in [0.4, 0.5) is 5.69 Å². The number of methoxy groups -OCH3 is 2. The molecule has 2 N–H and O–H groups in total. The number of carbonyl (C=O) groups is 1. The first-order valence-electron chi connectivity index (χ1n) is 7.52. The van der Waals surface area contributed by atoms with Crippen molar-refractivity contribution in [2.24, 2.45) is 0 Å². The number of carbonyl (C=O) groups excluding carboxylic acids is 1. The number of hydrogen-bond donors (Lipinski definition) is 1. The van der Waals surface area contributed by atoms with Gasteiger partial charge in [-0.15, -0.1) is 0 Å². The Balaban J connectivity index is 2.55. The fourth-order valence-electron chi connectivity index (χ4n) is 2.43. The summed E-state index contributed by atoms with van der Waals surface area (Å²) >= 11 is 12.8. The van der Waals surface area contributed by atoms with Crippen LogP contribution < -0.4 is 15.2 Å². The number of ether oxygens (including phenoxy) is 3. The fourth-order valence-corrected chi connectivity index (χ4v) is 3.14. The van der Waals surface area contributed by atoms with Gasteiger partial charge < -0.3 is 19.9 Å². The second-order valence-corrected chi connectivity index (χ2v) is 6.35. The molecule has 0 saturated heterocycles. The average Bonchev–Trinajstić information content (AvgIpc) is 2.60. The van der Waals surface area contributed by atoms with Gasteiger partial charge in [-0.1, -0.05) is 43.1 Å². The van der Waals surface area contributed by atoms with Crippen LogP contribution >= 0.6 is 23.2 Å². The molecule has 0 saturated carbocycles. The van der Waals surface area contributed by atoms with Gasteiger partial charge in [0.25, 0.3) is 0 Å². The summed E-state index contributed by atoms with van der Waals surface area (Å²) in [5, 5.41) is 0.462. The fraction of sp³-hybridized carbons (Fsp3) is 0.278. The van der Waals surface area contributed by atoms with Crippen molar-refractivity contribution in [1.82, 2.24) is 0 Å². The molecule has 0 aromatic heterocycles. The van der Waals surface area contributed by atoms with Crippen molar-refractivity contribution in [2.75, 3.05) is 20.0 Å². The lowest BCUT2D eigenvalue weighted by atomic mass is 10.0. The third-order valence-corrected chi connectivity index (χ3v) is 4.37. The molecule has 5 nitrogen and oxygen atoms in total. The molecule has 0 aliphatic rings. The molecule has 0 bridgehead atoms. The van der Waals surface area contributed by atoms with E-state index in [4.69, 9.17) is 43.1 Å². The molecular formula is C18H19Cl2NO4. The Morgan fingerprint density at radius 2 is 1.80 bits per heavy atom. The van der Waals surface area contributed by atoms with Crippen LogP contribution in [0.5, 0.6) is 17.2 Å². The number of esters is 1. The van der Waals surface area contributed by atoms with Gasteiger partial charge in [-0.25, -0.2) is 4.79 Å². The van der Waals surface area contributed by atoms with Gasteiger partial charge in [-0.2, -0.15) is 0 Å². The van der Waals surface area contributed by atoms with Crippen molar-refractivity contribution in [3.05, 3.63) is 45.4 Å². The van der Waals surface area contributed by atoms with Crippen LogP contribution in [-0.4, -0.2) is 20.2 Å². The smallest absolute Gasteiger partial charge is 0.337 e. The SMILES string of the molecule is COC(=O)c1cccc(Oc2c(Cl)c(N)c(OC)c(C(C)C)c2Cl)c1. The highest BCUT2D eigenvalue weighted by Crippen LogP contribution is 2.50. The Morgan fingerprint density at radius 3 is 2.36 bits per heavy atom. The van der Waals surface area contributed by atoms with E-state index in [0.29, 0.717) is 27.6 Å². The van der Waals surface area contributed by atoms with Gasteiger partial charge in [0.05, 0.1) is 30.5 Å². The summed E-state index contributed by atoms with van der Waals surface area (Å²) < 4.78 is 15.9. The predicted molar refractivity (Wildman–Crippen MR) is 99.4 cm³/mol. The quantitative estimate of drug-likeness (QED) is 0.561. The number of benzene rings is 2. The van der Waals surface area contributed by atoms with Crippen LogP contribution in [0.3, 0.4) is 0 Å². The number of nitrogens with two attached hydrogens (primary N) is 1. The number of anilines is 1. The molecule has 0 spiro atoms. The molecule has 7 heteroatoms. The van der Waals surface area contributed by atoms with Gasteiger partial charge in [-0.05, 0) is 24.1 Å². The van der Waals surface area contributed by atoms with Crippen molar-refractivity contribution in [3.63, 3.8) is 0 Å². The average molecular weight is 384 g/mol. The van der Waals surface area contributed by atoms with E-state index in [0.717, 1.165) is 0 Å². The largest absolute Gasteiger partial charge is 0.494 e. The van der Waals surface area contributed by atoms with Crippen molar-refractivity contribution >= 4 is 34.9 Å². The summed E-state index contributed by atoms with van der Waals surface area (Å²) in [5.41, 5.74) is 7.38. The molecule has 0 heterocycles. The maximum absolute atomic E-state index is 11.7. The van der Waals surface area contributed by atoms with Crippen LogP contribution in [0.15, 0.2) is 24.3 Å². The maximum Gasteiger partial charge on any atom is 0.337 e. The van der Waals surface area contributed by atoms with Crippen LogP contribution in [0.25, 0.3) is 0 Å². The summed E-state index contributed by atoms with van der Waals surface area (Å²) in [4.78, 5) is 11.7. The first-order valence-corrected chi connectivity index (χ1v) is 8.27. The highest BCUT2D eigenvalue weighted by molar-refractivity contribution is 6.40. The summed E-state index contributed by atoms with van der Waals surface area (Å²) in [7, 11) is 2.81. The normalized spacial score (nSPS) is 10.7. The second kappa shape index (κ2) is 7.85. The topological polar surface area (TPSA) is 70.8 Å². The molecule has 2 rings (SSSR count). The van der Waals surface area contributed by atoms with Gasteiger partial charge in [0.2, 0.25) is 0 Å². The number of rotatable bonds is 5. The molecular weight excluding hydrogens is 365 g/mol. The minimum atomic E-state index is -0.472. The highest BCUT2D eigenvalue weighted by atomic mass is 35.5. The number of hydrogen-bond acceptors (Lipinski definition) is 5. The van der Waals surface area contributed by atoms with Crippen LogP contribution in [-0.2, 0) is 4.74 Å². The Bertz CT molecular complexity index is 806. The van der Waals surface area contributed by atoms with E-state index in [1.807, 2.05) is 13.8 Å². The molecule has 0 aliphatic carbocycles. The minimum absolute atomic E-state index is 0.0331. The summed E-state index contributed by atoms with van der Waals surface area (Å²) in [5.74, 6) is 0.588. The molecule has 134 valence electrons. The second-order valence-electron chi connectivity index (χ2n) is 5.59. The molecule has 25 heavy (non-hydrogen) atoms. The Kier molecular flexibility index (Phi) is 6.03. The standard InChI is InChI=1S/C18H19Cl2NO4/c1-9(2)12-13(19)17(14(20)15(21)16(12)23-3)25-11-7-5-6-10(8-11)18(22)24-4/h5-9H,21H2,1-4H3. The van der Waals surface area contributed by atoms with Crippen LogP contribution in [0, 0.1) is 0 Å². The number of nitrogen functional groups attached to an aromatic ring is 1. The highest BCUT2D eigenvalue weighted by Gasteiger charge is 2.25. The van der Waals surface area contributed by atoms with Crippen molar-refractivity contribution in [2.45, 2.75) is 19.8 Å². The van der Waals surface area contributed by atoms with Crippen molar-refractivity contribution in [1.29, 1.82) is 0 Å². The zero-order chi connectivity index (χ0) is 18.7. The zero-order valence-corrected chi connectivity index (χ0v) is 15.9.